The van der Waals surface area contributed by atoms with Crippen LogP contribution in [-0.2, 0) is 28.6 Å². The second kappa shape index (κ2) is 7.81. The van der Waals surface area contributed by atoms with E-state index in [2.05, 4.69) is 71.9 Å². The van der Waals surface area contributed by atoms with Crippen molar-refractivity contribution >= 4 is 22.9 Å². The van der Waals surface area contributed by atoms with E-state index in [1.54, 1.807) is 0 Å². The van der Waals surface area contributed by atoms with Crippen molar-refractivity contribution in [2.75, 3.05) is 5.75 Å². The van der Waals surface area contributed by atoms with Crippen LogP contribution in [-0.4, -0.2) is 21.8 Å². The van der Waals surface area contributed by atoms with E-state index in [9.17, 15) is 9.59 Å². The molecule has 1 aliphatic heterocycles. The summed E-state index contributed by atoms with van der Waals surface area (Å²) in [6, 6.07) is 11.3. The van der Waals surface area contributed by atoms with Crippen molar-refractivity contribution in [3.8, 4) is 11.1 Å². The zero-order valence-corrected chi connectivity index (χ0v) is 20.4. The van der Waals surface area contributed by atoms with Crippen molar-refractivity contribution in [1.82, 2.24) is 4.90 Å². The highest BCUT2D eigenvalue weighted by molar-refractivity contribution is 8.14. The average Bonchev–Trinajstić information content (AvgIpc) is 3.03. The van der Waals surface area contributed by atoms with Crippen molar-refractivity contribution < 1.29 is 9.59 Å². The number of fused-ring (bicyclic) bond motifs is 1. The summed E-state index contributed by atoms with van der Waals surface area (Å²) in [4.78, 5) is 25.4. The van der Waals surface area contributed by atoms with Gasteiger partial charge in [-0.05, 0) is 76.0 Å². The number of rotatable bonds is 4. The molecule has 0 radical (unpaired) electrons. The molecule has 2 aromatic carbocycles. The van der Waals surface area contributed by atoms with Gasteiger partial charge in [0, 0.05) is 0 Å². The van der Waals surface area contributed by atoms with E-state index in [-0.39, 0.29) is 27.7 Å². The quantitative estimate of drug-likeness (QED) is 0.532. The number of carbonyl (C=O) groups excluding carboxylic acids is 2. The predicted molar refractivity (Wildman–Crippen MR) is 130 cm³/mol. The molecule has 4 rings (SSSR count). The van der Waals surface area contributed by atoms with E-state index in [0.717, 1.165) is 23.7 Å². The van der Waals surface area contributed by atoms with Crippen LogP contribution >= 0.6 is 11.8 Å². The Labute approximate surface area is 190 Å². The molecule has 0 atom stereocenters. The van der Waals surface area contributed by atoms with Gasteiger partial charge < -0.3 is 0 Å². The molecule has 1 fully saturated rings. The number of amides is 2. The summed E-state index contributed by atoms with van der Waals surface area (Å²) in [5.41, 5.74) is 9.50. The van der Waals surface area contributed by atoms with Crippen LogP contribution in [0, 0.1) is 6.92 Å². The fourth-order valence-electron chi connectivity index (χ4n) is 5.03. The van der Waals surface area contributed by atoms with E-state index >= 15 is 0 Å². The first kappa shape index (κ1) is 22.1. The highest BCUT2D eigenvalue weighted by atomic mass is 32.2. The number of imide groups is 1. The highest BCUT2D eigenvalue weighted by Gasteiger charge is 2.37. The summed E-state index contributed by atoms with van der Waals surface area (Å²) in [6.45, 7) is 14.2. The first-order valence-electron chi connectivity index (χ1n) is 11.3. The smallest absolute Gasteiger partial charge is 0.273 e. The lowest BCUT2D eigenvalue weighted by Crippen LogP contribution is -2.34. The molecule has 2 amide bonds. The Hall–Kier alpha value is -2.07. The van der Waals surface area contributed by atoms with Crippen LogP contribution in [0.15, 0.2) is 30.3 Å². The molecular weight excluding hydrogens is 402 g/mol. The third-order valence-corrected chi connectivity index (χ3v) is 8.08. The van der Waals surface area contributed by atoms with E-state index in [1.165, 1.54) is 51.1 Å². The van der Waals surface area contributed by atoms with Crippen LogP contribution in [0.4, 0.5) is 4.79 Å². The van der Waals surface area contributed by atoms with Crippen molar-refractivity contribution in [2.45, 2.75) is 78.2 Å². The SMILES string of the molecule is CCc1cc(CN2C(=O)CSC2=O)ccc1-c1cc2c(cc1C)C(C)(C)CCC2(C)C. The van der Waals surface area contributed by atoms with Gasteiger partial charge in [0.1, 0.15) is 0 Å². The van der Waals surface area contributed by atoms with Crippen LogP contribution in [0.25, 0.3) is 11.1 Å². The summed E-state index contributed by atoms with van der Waals surface area (Å²) < 4.78 is 0. The topological polar surface area (TPSA) is 37.4 Å². The Bertz CT molecular complexity index is 1050. The monoisotopic (exact) mass is 435 g/mol. The molecule has 2 aromatic rings. The van der Waals surface area contributed by atoms with Crippen LogP contribution in [0.1, 0.15) is 75.3 Å². The van der Waals surface area contributed by atoms with Gasteiger partial charge in [0.2, 0.25) is 5.91 Å². The van der Waals surface area contributed by atoms with Crippen molar-refractivity contribution in [1.29, 1.82) is 0 Å². The van der Waals surface area contributed by atoms with Crippen molar-refractivity contribution in [2.24, 2.45) is 0 Å². The Kier molecular flexibility index (Phi) is 5.58. The Morgan fingerprint density at radius 2 is 1.58 bits per heavy atom. The van der Waals surface area contributed by atoms with E-state index in [4.69, 9.17) is 0 Å². The number of nitrogens with zero attached hydrogens (tertiary/aromatic N) is 1. The largest absolute Gasteiger partial charge is 0.289 e. The van der Waals surface area contributed by atoms with Crippen molar-refractivity contribution in [3.63, 3.8) is 0 Å². The first-order valence-corrected chi connectivity index (χ1v) is 12.3. The molecular formula is C27H33NO2S. The second-order valence-electron chi connectivity index (χ2n) is 10.4. The third kappa shape index (κ3) is 3.95. The number of benzene rings is 2. The Balaban J connectivity index is 1.76. The predicted octanol–water partition coefficient (Wildman–Crippen LogP) is 6.77. The minimum Gasteiger partial charge on any atom is -0.273 e. The lowest BCUT2D eigenvalue weighted by molar-refractivity contribution is -0.125. The van der Waals surface area contributed by atoms with Gasteiger partial charge in [-0.15, -0.1) is 0 Å². The number of carbonyl (C=O) groups is 2. The van der Waals surface area contributed by atoms with Crippen LogP contribution in [0.3, 0.4) is 0 Å². The summed E-state index contributed by atoms with van der Waals surface area (Å²) in [6.07, 6.45) is 3.32. The molecule has 4 heteroatoms. The minimum absolute atomic E-state index is 0.0903. The van der Waals surface area contributed by atoms with E-state index < -0.39 is 0 Å². The standard InChI is InChI=1S/C27H33NO2S/c1-7-19-13-18(15-28-24(29)16-31-25(28)30)8-9-20(19)21-14-23-22(12-17(21)2)26(3,4)10-11-27(23,5)6/h8-9,12-14H,7,10-11,15-16H2,1-6H3. The zero-order chi connectivity index (χ0) is 22.6. The third-order valence-electron chi connectivity index (χ3n) is 7.22. The summed E-state index contributed by atoms with van der Waals surface area (Å²) >= 11 is 1.09. The molecule has 1 saturated heterocycles. The normalized spacial score (nSPS) is 19.6. The first-order chi connectivity index (χ1) is 14.5. The lowest BCUT2D eigenvalue weighted by atomic mass is 9.62. The molecule has 3 nitrogen and oxygen atoms in total. The summed E-state index contributed by atoms with van der Waals surface area (Å²) in [5.74, 6) is 0.172. The Morgan fingerprint density at radius 1 is 0.935 bits per heavy atom. The van der Waals surface area contributed by atoms with E-state index in [0.29, 0.717) is 6.54 Å². The number of thioether (sulfide) groups is 1. The Morgan fingerprint density at radius 3 is 2.16 bits per heavy atom. The number of hydrogen-bond donors (Lipinski definition) is 0. The van der Waals surface area contributed by atoms with Gasteiger partial charge in [-0.3, -0.25) is 14.5 Å². The zero-order valence-electron chi connectivity index (χ0n) is 19.6. The minimum atomic E-state index is -0.137. The second-order valence-corrected chi connectivity index (χ2v) is 11.3. The molecule has 164 valence electrons. The van der Waals surface area contributed by atoms with Gasteiger partial charge in [-0.25, -0.2) is 0 Å². The van der Waals surface area contributed by atoms with Gasteiger partial charge in [0.25, 0.3) is 5.24 Å². The van der Waals surface area contributed by atoms with Gasteiger partial charge in [-0.1, -0.05) is 76.7 Å². The van der Waals surface area contributed by atoms with Crippen LogP contribution in [0.5, 0.6) is 0 Å². The highest BCUT2D eigenvalue weighted by Crippen LogP contribution is 2.48. The summed E-state index contributed by atoms with van der Waals surface area (Å²) in [5, 5.41) is -0.137. The van der Waals surface area contributed by atoms with Crippen LogP contribution in [0.2, 0.25) is 0 Å². The van der Waals surface area contributed by atoms with Gasteiger partial charge in [-0.2, -0.15) is 0 Å². The van der Waals surface area contributed by atoms with Crippen molar-refractivity contribution in [3.05, 3.63) is 58.1 Å². The molecule has 0 N–H and O–H groups in total. The van der Waals surface area contributed by atoms with Gasteiger partial charge in [0.15, 0.2) is 0 Å². The molecule has 0 unspecified atom stereocenters. The van der Waals surface area contributed by atoms with Gasteiger partial charge >= 0.3 is 0 Å². The molecule has 1 heterocycles. The summed E-state index contributed by atoms with van der Waals surface area (Å²) in [7, 11) is 0. The fourth-order valence-corrected chi connectivity index (χ4v) is 5.75. The van der Waals surface area contributed by atoms with Gasteiger partial charge in [0.05, 0.1) is 12.3 Å². The number of hydrogen-bond acceptors (Lipinski definition) is 3. The lowest BCUT2D eigenvalue weighted by Gasteiger charge is -2.42. The van der Waals surface area contributed by atoms with E-state index in [1.807, 2.05) is 0 Å². The maximum atomic E-state index is 12.0. The van der Waals surface area contributed by atoms with Crippen LogP contribution < -0.4 is 0 Å². The molecule has 0 saturated carbocycles. The molecule has 1 aliphatic carbocycles. The molecule has 2 aliphatic rings. The fraction of sp³-hybridized carbons (Fsp3) is 0.481. The average molecular weight is 436 g/mol. The molecule has 0 bridgehead atoms. The maximum absolute atomic E-state index is 12.0. The number of aryl methyl sites for hydroxylation is 2. The maximum Gasteiger partial charge on any atom is 0.289 e. The molecule has 31 heavy (non-hydrogen) atoms. The molecule has 0 spiro atoms. The molecule has 0 aromatic heterocycles.